The minimum atomic E-state index is 0.250. The lowest BCUT2D eigenvalue weighted by Gasteiger charge is -2.21. The van der Waals surface area contributed by atoms with Gasteiger partial charge in [-0.05, 0) is 32.1 Å². The quantitative estimate of drug-likeness (QED) is 0.613. The predicted molar refractivity (Wildman–Crippen MR) is 54.3 cm³/mol. The molecular formula is C11H20O3. The first-order valence-corrected chi connectivity index (χ1v) is 5.44. The molecule has 1 heterocycles. The van der Waals surface area contributed by atoms with Crippen LogP contribution in [0.3, 0.4) is 0 Å². The Kier molecular flexibility index (Phi) is 5.80. The van der Waals surface area contributed by atoms with E-state index in [0.29, 0.717) is 12.3 Å². The number of hydrogen-bond acceptors (Lipinski definition) is 3. The molecule has 1 aliphatic rings. The first-order valence-electron chi connectivity index (χ1n) is 5.44. The van der Waals surface area contributed by atoms with Crippen molar-refractivity contribution in [3.05, 3.63) is 0 Å². The Bertz CT molecular complexity index is 162. The van der Waals surface area contributed by atoms with Crippen molar-refractivity contribution in [3.63, 3.8) is 0 Å². The Hall–Kier alpha value is -0.410. The third-order valence-electron chi connectivity index (χ3n) is 2.51. The number of ketones is 1. The Labute approximate surface area is 85.8 Å². The van der Waals surface area contributed by atoms with Gasteiger partial charge in [-0.3, -0.25) is 0 Å². The van der Waals surface area contributed by atoms with Gasteiger partial charge in [-0.1, -0.05) is 0 Å². The molecule has 0 amide bonds. The molecule has 1 rings (SSSR count). The maximum Gasteiger partial charge on any atom is 0.129 e. The Balaban J connectivity index is 1.90. The lowest BCUT2D eigenvalue weighted by molar-refractivity contribution is -0.117. The predicted octanol–water partition coefficient (Wildman–Crippen LogP) is 1.80. The summed E-state index contributed by atoms with van der Waals surface area (Å²) in [7, 11) is 0. The maximum atomic E-state index is 10.6. The molecule has 0 aromatic heterocycles. The molecule has 0 aliphatic carbocycles. The van der Waals surface area contributed by atoms with E-state index in [9.17, 15) is 4.79 Å². The average molecular weight is 200 g/mol. The minimum absolute atomic E-state index is 0.250. The first-order chi connectivity index (χ1) is 6.79. The second-order valence-corrected chi connectivity index (χ2v) is 3.94. The van der Waals surface area contributed by atoms with Crippen LogP contribution in [0.1, 0.15) is 32.6 Å². The largest absolute Gasteiger partial charge is 0.381 e. The van der Waals surface area contributed by atoms with Crippen LogP contribution in [0.2, 0.25) is 0 Å². The van der Waals surface area contributed by atoms with Gasteiger partial charge in [0.15, 0.2) is 0 Å². The van der Waals surface area contributed by atoms with Gasteiger partial charge < -0.3 is 14.3 Å². The van der Waals surface area contributed by atoms with Crippen LogP contribution in [0, 0.1) is 5.92 Å². The van der Waals surface area contributed by atoms with Crippen molar-refractivity contribution in [2.45, 2.75) is 32.6 Å². The van der Waals surface area contributed by atoms with Crippen molar-refractivity contribution in [2.24, 2.45) is 5.92 Å². The Morgan fingerprint density at radius 3 is 2.79 bits per heavy atom. The number of carbonyl (C=O) groups excluding carboxylic acids is 1. The number of rotatable bonds is 6. The third-order valence-corrected chi connectivity index (χ3v) is 2.51. The standard InChI is InChI=1S/C11H20O3/c1-10(12)3-2-6-14-9-11-4-7-13-8-5-11/h11H,2-9H2,1H3. The molecule has 0 atom stereocenters. The summed E-state index contributed by atoms with van der Waals surface area (Å²) < 4.78 is 10.8. The van der Waals surface area contributed by atoms with Crippen LogP contribution >= 0.6 is 0 Å². The summed E-state index contributed by atoms with van der Waals surface area (Å²) in [6.45, 7) is 4.93. The van der Waals surface area contributed by atoms with Crippen LogP contribution < -0.4 is 0 Å². The molecule has 82 valence electrons. The second-order valence-electron chi connectivity index (χ2n) is 3.94. The smallest absolute Gasteiger partial charge is 0.129 e. The van der Waals surface area contributed by atoms with Crippen molar-refractivity contribution in [3.8, 4) is 0 Å². The highest BCUT2D eigenvalue weighted by molar-refractivity contribution is 5.75. The molecule has 0 radical (unpaired) electrons. The van der Waals surface area contributed by atoms with Crippen LogP contribution in [0.15, 0.2) is 0 Å². The summed E-state index contributed by atoms with van der Waals surface area (Å²) in [4.78, 5) is 10.6. The van der Waals surface area contributed by atoms with E-state index in [2.05, 4.69) is 0 Å². The van der Waals surface area contributed by atoms with E-state index < -0.39 is 0 Å². The molecule has 0 spiro atoms. The molecule has 1 saturated heterocycles. The number of hydrogen-bond donors (Lipinski definition) is 0. The lowest BCUT2D eigenvalue weighted by Crippen LogP contribution is -2.20. The van der Waals surface area contributed by atoms with E-state index in [1.807, 2.05) is 0 Å². The molecular weight excluding hydrogens is 180 g/mol. The summed E-state index contributed by atoms with van der Waals surface area (Å²) in [6, 6.07) is 0. The van der Waals surface area contributed by atoms with E-state index in [0.717, 1.165) is 45.7 Å². The van der Waals surface area contributed by atoms with Crippen molar-refractivity contribution in [1.82, 2.24) is 0 Å². The fourth-order valence-electron chi connectivity index (χ4n) is 1.59. The zero-order chi connectivity index (χ0) is 10.2. The Morgan fingerprint density at radius 2 is 2.14 bits per heavy atom. The zero-order valence-electron chi connectivity index (χ0n) is 8.96. The number of Topliss-reactive ketones (excluding diaryl/α,β-unsaturated/α-hetero) is 1. The molecule has 0 saturated carbocycles. The number of carbonyl (C=O) groups is 1. The lowest BCUT2D eigenvalue weighted by atomic mass is 10.0. The molecule has 1 fully saturated rings. The van der Waals surface area contributed by atoms with Crippen LogP contribution in [0.4, 0.5) is 0 Å². The van der Waals surface area contributed by atoms with E-state index in [1.165, 1.54) is 0 Å². The van der Waals surface area contributed by atoms with Gasteiger partial charge in [0.1, 0.15) is 5.78 Å². The van der Waals surface area contributed by atoms with E-state index >= 15 is 0 Å². The molecule has 0 N–H and O–H groups in total. The van der Waals surface area contributed by atoms with E-state index in [-0.39, 0.29) is 5.78 Å². The summed E-state index contributed by atoms with van der Waals surface area (Å²) in [5.74, 6) is 0.917. The van der Waals surface area contributed by atoms with Gasteiger partial charge in [0.2, 0.25) is 0 Å². The van der Waals surface area contributed by atoms with Crippen LogP contribution in [0.5, 0.6) is 0 Å². The average Bonchev–Trinajstić information content (AvgIpc) is 2.18. The summed E-state index contributed by atoms with van der Waals surface area (Å²) in [5, 5.41) is 0. The van der Waals surface area contributed by atoms with Crippen LogP contribution in [-0.4, -0.2) is 32.2 Å². The second kappa shape index (κ2) is 6.96. The summed E-state index contributed by atoms with van der Waals surface area (Å²) >= 11 is 0. The molecule has 0 unspecified atom stereocenters. The molecule has 1 aliphatic heterocycles. The van der Waals surface area contributed by atoms with E-state index in [1.54, 1.807) is 6.92 Å². The highest BCUT2D eigenvalue weighted by Crippen LogP contribution is 2.14. The van der Waals surface area contributed by atoms with Gasteiger partial charge in [-0.25, -0.2) is 0 Å². The monoisotopic (exact) mass is 200 g/mol. The van der Waals surface area contributed by atoms with Crippen LogP contribution in [0.25, 0.3) is 0 Å². The van der Waals surface area contributed by atoms with Gasteiger partial charge in [-0.2, -0.15) is 0 Å². The van der Waals surface area contributed by atoms with Gasteiger partial charge >= 0.3 is 0 Å². The fraction of sp³-hybridized carbons (Fsp3) is 0.909. The highest BCUT2D eigenvalue weighted by atomic mass is 16.5. The first kappa shape index (κ1) is 11.7. The maximum absolute atomic E-state index is 10.6. The van der Waals surface area contributed by atoms with Gasteiger partial charge in [0.05, 0.1) is 0 Å². The minimum Gasteiger partial charge on any atom is -0.381 e. The summed E-state index contributed by atoms with van der Waals surface area (Å²) in [5.41, 5.74) is 0. The van der Waals surface area contributed by atoms with Crippen molar-refractivity contribution in [2.75, 3.05) is 26.4 Å². The molecule has 3 nitrogen and oxygen atoms in total. The normalized spacial score (nSPS) is 18.4. The topological polar surface area (TPSA) is 35.5 Å². The number of ether oxygens (including phenoxy) is 2. The van der Waals surface area contributed by atoms with Gasteiger partial charge in [0.25, 0.3) is 0 Å². The molecule has 0 aromatic rings. The summed E-state index contributed by atoms with van der Waals surface area (Å²) in [6.07, 6.45) is 3.74. The molecule has 14 heavy (non-hydrogen) atoms. The third kappa shape index (κ3) is 5.35. The van der Waals surface area contributed by atoms with Crippen molar-refractivity contribution in [1.29, 1.82) is 0 Å². The fourth-order valence-corrected chi connectivity index (χ4v) is 1.59. The SMILES string of the molecule is CC(=O)CCCOCC1CCOCC1. The van der Waals surface area contributed by atoms with Gasteiger partial charge in [0, 0.05) is 32.8 Å². The zero-order valence-corrected chi connectivity index (χ0v) is 8.96. The molecule has 0 aromatic carbocycles. The highest BCUT2D eigenvalue weighted by Gasteiger charge is 2.13. The van der Waals surface area contributed by atoms with E-state index in [4.69, 9.17) is 9.47 Å². The van der Waals surface area contributed by atoms with Crippen LogP contribution in [-0.2, 0) is 14.3 Å². The van der Waals surface area contributed by atoms with Gasteiger partial charge in [-0.15, -0.1) is 0 Å². The van der Waals surface area contributed by atoms with Crippen molar-refractivity contribution < 1.29 is 14.3 Å². The molecule has 3 heteroatoms. The van der Waals surface area contributed by atoms with Crippen molar-refractivity contribution >= 4 is 5.78 Å². The molecule has 0 bridgehead atoms. The Morgan fingerprint density at radius 1 is 1.43 bits per heavy atom.